The van der Waals surface area contributed by atoms with E-state index < -0.39 is 0 Å². The van der Waals surface area contributed by atoms with Crippen molar-refractivity contribution in [2.45, 2.75) is 6.54 Å². The van der Waals surface area contributed by atoms with Gasteiger partial charge in [0.2, 0.25) is 6.39 Å². The smallest absolute Gasteiger partial charge is 0.251 e. The number of aromatic nitrogens is 3. The maximum absolute atomic E-state index is 11.6. The van der Waals surface area contributed by atoms with Crippen LogP contribution in [0.5, 0.6) is 0 Å². The molecule has 0 fully saturated rings. The molecule has 0 saturated heterocycles. The number of nitrogens with one attached hydrogen (secondary N) is 1. The van der Waals surface area contributed by atoms with Crippen LogP contribution in [0, 0.1) is 0 Å². The Labute approximate surface area is 90.7 Å². The number of carbonyl (C=O) groups excluding carboxylic acids is 1. The minimum atomic E-state index is -0.265. The van der Waals surface area contributed by atoms with E-state index in [4.69, 9.17) is 5.73 Å². The SMILES string of the molecule is Nc1cc(C(=O)NCc2ncon2)ccn1. The topological polar surface area (TPSA) is 107 Å². The number of nitrogen functional groups attached to an aromatic ring is 1. The van der Waals surface area contributed by atoms with E-state index in [0.29, 0.717) is 17.2 Å². The Balaban J connectivity index is 1.98. The molecule has 2 aromatic heterocycles. The summed E-state index contributed by atoms with van der Waals surface area (Å²) in [6.45, 7) is 0.206. The number of hydrogen-bond acceptors (Lipinski definition) is 6. The van der Waals surface area contributed by atoms with Crippen LogP contribution in [0.25, 0.3) is 0 Å². The Kier molecular flexibility index (Phi) is 2.77. The summed E-state index contributed by atoms with van der Waals surface area (Å²) < 4.78 is 4.53. The van der Waals surface area contributed by atoms with Gasteiger partial charge in [0.05, 0.1) is 6.54 Å². The minimum Gasteiger partial charge on any atom is -0.384 e. The molecule has 82 valence electrons. The van der Waals surface area contributed by atoms with Gasteiger partial charge in [0.15, 0.2) is 5.82 Å². The Morgan fingerprint density at radius 3 is 3.06 bits per heavy atom. The molecule has 2 rings (SSSR count). The van der Waals surface area contributed by atoms with Gasteiger partial charge in [-0.3, -0.25) is 4.79 Å². The van der Waals surface area contributed by atoms with Crippen LogP contribution in [0.2, 0.25) is 0 Å². The first-order valence-corrected chi connectivity index (χ1v) is 4.50. The third-order valence-corrected chi connectivity index (χ3v) is 1.86. The fourth-order valence-electron chi connectivity index (χ4n) is 1.12. The molecule has 1 amide bonds. The van der Waals surface area contributed by atoms with E-state index in [9.17, 15) is 4.79 Å². The fourth-order valence-corrected chi connectivity index (χ4v) is 1.12. The van der Waals surface area contributed by atoms with Crippen molar-refractivity contribution in [1.29, 1.82) is 0 Å². The first-order chi connectivity index (χ1) is 7.75. The fraction of sp³-hybridized carbons (Fsp3) is 0.111. The van der Waals surface area contributed by atoms with Gasteiger partial charge in [-0.2, -0.15) is 4.98 Å². The molecule has 0 aliphatic rings. The number of amides is 1. The molecule has 0 aliphatic carbocycles. The van der Waals surface area contributed by atoms with Crippen molar-refractivity contribution in [3.05, 3.63) is 36.1 Å². The molecule has 0 spiro atoms. The van der Waals surface area contributed by atoms with E-state index in [1.807, 2.05) is 0 Å². The van der Waals surface area contributed by atoms with Crippen LogP contribution in [-0.2, 0) is 6.54 Å². The van der Waals surface area contributed by atoms with Crippen LogP contribution in [0.1, 0.15) is 16.2 Å². The van der Waals surface area contributed by atoms with Crippen molar-refractivity contribution < 1.29 is 9.32 Å². The Morgan fingerprint density at radius 2 is 2.38 bits per heavy atom. The molecular formula is C9H9N5O2. The third kappa shape index (κ3) is 2.32. The van der Waals surface area contributed by atoms with E-state index in [1.54, 1.807) is 6.07 Å². The number of nitrogens with two attached hydrogens (primary N) is 1. The van der Waals surface area contributed by atoms with E-state index in [0.717, 1.165) is 0 Å². The number of nitrogens with zero attached hydrogens (tertiary/aromatic N) is 3. The van der Waals surface area contributed by atoms with Gasteiger partial charge in [0.25, 0.3) is 5.91 Å². The highest BCUT2D eigenvalue weighted by Crippen LogP contribution is 2.02. The summed E-state index contributed by atoms with van der Waals surface area (Å²) in [5.41, 5.74) is 5.90. The van der Waals surface area contributed by atoms with Gasteiger partial charge >= 0.3 is 0 Å². The summed E-state index contributed by atoms with van der Waals surface area (Å²) in [6.07, 6.45) is 2.67. The second kappa shape index (κ2) is 4.39. The minimum absolute atomic E-state index is 0.206. The summed E-state index contributed by atoms with van der Waals surface area (Å²) in [5, 5.41) is 6.18. The molecule has 0 radical (unpaired) electrons. The molecule has 16 heavy (non-hydrogen) atoms. The van der Waals surface area contributed by atoms with Crippen LogP contribution < -0.4 is 11.1 Å². The van der Waals surface area contributed by atoms with E-state index in [-0.39, 0.29) is 12.5 Å². The number of rotatable bonds is 3. The van der Waals surface area contributed by atoms with Crippen LogP contribution >= 0.6 is 0 Å². The lowest BCUT2D eigenvalue weighted by molar-refractivity contribution is 0.0949. The highest BCUT2D eigenvalue weighted by atomic mass is 16.5. The van der Waals surface area contributed by atoms with Crippen LogP contribution in [0.3, 0.4) is 0 Å². The summed E-state index contributed by atoms with van der Waals surface area (Å²) in [4.78, 5) is 19.2. The molecular weight excluding hydrogens is 210 g/mol. The summed E-state index contributed by atoms with van der Waals surface area (Å²) >= 11 is 0. The first kappa shape index (κ1) is 10.1. The highest BCUT2D eigenvalue weighted by Gasteiger charge is 2.07. The monoisotopic (exact) mass is 219 g/mol. The predicted octanol–water partition coefficient (Wildman–Crippen LogP) is -0.0232. The molecule has 3 N–H and O–H groups in total. The molecule has 7 nitrogen and oxygen atoms in total. The average molecular weight is 219 g/mol. The van der Waals surface area contributed by atoms with Gasteiger partial charge in [-0.15, -0.1) is 0 Å². The van der Waals surface area contributed by atoms with Crippen molar-refractivity contribution >= 4 is 11.7 Å². The molecule has 2 aromatic rings. The molecule has 0 aliphatic heterocycles. The summed E-state index contributed by atoms with van der Waals surface area (Å²) in [6, 6.07) is 3.06. The lowest BCUT2D eigenvalue weighted by Crippen LogP contribution is -2.23. The normalized spacial score (nSPS) is 10.0. The Morgan fingerprint density at radius 1 is 1.50 bits per heavy atom. The lowest BCUT2D eigenvalue weighted by Gasteiger charge is -2.02. The second-order valence-electron chi connectivity index (χ2n) is 3.00. The zero-order chi connectivity index (χ0) is 11.4. The maximum atomic E-state index is 11.6. The van der Waals surface area contributed by atoms with Crippen molar-refractivity contribution in [3.8, 4) is 0 Å². The van der Waals surface area contributed by atoms with E-state index in [1.165, 1.54) is 18.7 Å². The predicted molar refractivity (Wildman–Crippen MR) is 54.1 cm³/mol. The van der Waals surface area contributed by atoms with Crippen molar-refractivity contribution in [2.75, 3.05) is 5.73 Å². The molecule has 0 unspecified atom stereocenters. The third-order valence-electron chi connectivity index (χ3n) is 1.86. The quantitative estimate of drug-likeness (QED) is 0.751. The standard InChI is InChI=1S/C9H9N5O2/c10-7-3-6(1-2-11-7)9(15)12-4-8-13-5-16-14-8/h1-3,5H,4H2,(H2,10,11)(H,12,15). The Bertz CT molecular complexity index is 482. The van der Waals surface area contributed by atoms with Crippen LogP contribution in [0.15, 0.2) is 29.2 Å². The number of pyridine rings is 1. The molecule has 7 heteroatoms. The zero-order valence-electron chi connectivity index (χ0n) is 8.25. The van der Waals surface area contributed by atoms with Crippen molar-refractivity contribution in [2.24, 2.45) is 0 Å². The molecule has 0 atom stereocenters. The van der Waals surface area contributed by atoms with Gasteiger partial charge in [-0.25, -0.2) is 4.98 Å². The number of hydrogen-bond donors (Lipinski definition) is 2. The highest BCUT2D eigenvalue weighted by molar-refractivity contribution is 5.94. The van der Waals surface area contributed by atoms with E-state index in [2.05, 4.69) is 25.0 Å². The van der Waals surface area contributed by atoms with Crippen molar-refractivity contribution in [1.82, 2.24) is 20.4 Å². The Hall–Kier alpha value is -2.44. The first-order valence-electron chi connectivity index (χ1n) is 4.50. The largest absolute Gasteiger partial charge is 0.384 e. The van der Waals surface area contributed by atoms with Gasteiger partial charge in [-0.1, -0.05) is 5.16 Å². The molecule has 0 saturated carbocycles. The molecule has 0 bridgehead atoms. The van der Waals surface area contributed by atoms with Gasteiger partial charge in [0.1, 0.15) is 5.82 Å². The average Bonchev–Trinajstić information content (AvgIpc) is 2.78. The van der Waals surface area contributed by atoms with Gasteiger partial charge < -0.3 is 15.6 Å². The molecule has 0 aromatic carbocycles. The van der Waals surface area contributed by atoms with Crippen LogP contribution in [0.4, 0.5) is 5.82 Å². The number of carbonyl (C=O) groups is 1. The van der Waals surface area contributed by atoms with Gasteiger partial charge in [0, 0.05) is 11.8 Å². The summed E-state index contributed by atoms with van der Waals surface area (Å²) in [7, 11) is 0. The second-order valence-corrected chi connectivity index (χ2v) is 3.00. The molecule has 2 heterocycles. The number of anilines is 1. The van der Waals surface area contributed by atoms with Crippen LogP contribution in [-0.4, -0.2) is 21.0 Å². The van der Waals surface area contributed by atoms with Crippen molar-refractivity contribution in [3.63, 3.8) is 0 Å². The zero-order valence-corrected chi connectivity index (χ0v) is 8.25. The summed E-state index contributed by atoms with van der Waals surface area (Å²) in [5.74, 6) is 0.446. The lowest BCUT2D eigenvalue weighted by atomic mass is 10.2. The maximum Gasteiger partial charge on any atom is 0.251 e. The van der Waals surface area contributed by atoms with Gasteiger partial charge in [-0.05, 0) is 12.1 Å². The van der Waals surface area contributed by atoms with E-state index >= 15 is 0 Å².